The average molecular weight is 338 g/mol. The molecule has 1 heterocycles. The first kappa shape index (κ1) is 16.6. The molecule has 0 saturated carbocycles. The smallest absolute Gasteiger partial charge is 0.269 e. The zero-order valence-electron chi connectivity index (χ0n) is 12.2. The highest BCUT2D eigenvalue weighted by atomic mass is 35.5. The minimum atomic E-state index is -0.186. The quantitative estimate of drug-likeness (QED) is 0.753. The Morgan fingerprint density at radius 2 is 2.09 bits per heavy atom. The minimum Gasteiger partial charge on any atom is -0.354 e. The topological polar surface area (TPSA) is 54.0 Å². The van der Waals surface area contributed by atoms with Crippen LogP contribution in [0.3, 0.4) is 0 Å². The van der Waals surface area contributed by atoms with Crippen molar-refractivity contribution in [2.45, 2.75) is 19.8 Å². The number of aromatic nitrogens is 1. The Labute approximate surface area is 139 Å². The Morgan fingerprint density at radius 1 is 1.27 bits per heavy atom. The molecule has 0 spiro atoms. The van der Waals surface area contributed by atoms with Crippen LogP contribution in [0.15, 0.2) is 36.5 Å². The van der Waals surface area contributed by atoms with Gasteiger partial charge in [0, 0.05) is 18.4 Å². The second-order valence-electron chi connectivity index (χ2n) is 4.77. The fraction of sp³-hybridized carbons (Fsp3) is 0.250. The van der Waals surface area contributed by atoms with E-state index in [1.807, 2.05) is 6.07 Å². The lowest BCUT2D eigenvalue weighted by Gasteiger charge is -2.10. The number of nitrogens with one attached hydrogen (secondary N) is 2. The number of pyridine rings is 1. The van der Waals surface area contributed by atoms with Crippen LogP contribution in [0.1, 0.15) is 30.3 Å². The summed E-state index contributed by atoms with van der Waals surface area (Å²) in [7, 11) is 0. The molecular formula is C16H17Cl2N3O. The van der Waals surface area contributed by atoms with Crippen LogP contribution in [0.5, 0.6) is 0 Å². The lowest BCUT2D eigenvalue weighted by atomic mass is 10.2. The molecule has 6 heteroatoms. The molecule has 0 radical (unpaired) electrons. The number of benzene rings is 1. The Balaban J connectivity index is 2.11. The van der Waals surface area contributed by atoms with E-state index in [-0.39, 0.29) is 5.91 Å². The summed E-state index contributed by atoms with van der Waals surface area (Å²) < 4.78 is 0. The highest BCUT2D eigenvalue weighted by Gasteiger charge is 2.09. The Hall–Kier alpha value is -1.78. The van der Waals surface area contributed by atoms with Crippen molar-refractivity contribution in [2.75, 3.05) is 11.9 Å². The molecular weight excluding hydrogens is 321 g/mol. The highest BCUT2D eigenvalue weighted by molar-refractivity contribution is 6.43. The molecule has 0 fully saturated rings. The first-order valence-corrected chi connectivity index (χ1v) is 7.82. The van der Waals surface area contributed by atoms with Gasteiger partial charge in [0.1, 0.15) is 5.69 Å². The fourth-order valence-electron chi connectivity index (χ4n) is 1.86. The Morgan fingerprint density at radius 3 is 2.86 bits per heavy atom. The molecule has 116 valence electrons. The van der Waals surface area contributed by atoms with Crippen LogP contribution >= 0.6 is 23.2 Å². The molecule has 0 aliphatic rings. The zero-order chi connectivity index (χ0) is 15.9. The maximum Gasteiger partial charge on any atom is 0.269 e. The number of hydrogen-bond donors (Lipinski definition) is 2. The highest BCUT2D eigenvalue weighted by Crippen LogP contribution is 2.31. The molecule has 0 bridgehead atoms. The monoisotopic (exact) mass is 337 g/mol. The number of nitrogens with zero attached hydrogens (tertiary/aromatic N) is 1. The third-order valence-electron chi connectivity index (χ3n) is 3.04. The SMILES string of the molecule is CCCCNC(=O)c1cc(Nc2cccc(Cl)c2Cl)ccn1. The van der Waals surface area contributed by atoms with Crippen LogP contribution in [0, 0.1) is 0 Å². The van der Waals surface area contributed by atoms with E-state index in [1.54, 1.807) is 30.5 Å². The van der Waals surface area contributed by atoms with Crippen LogP contribution in [-0.4, -0.2) is 17.4 Å². The van der Waals surface area contributed by atoms with E-state index in [9.17, 15) is 4.79 Å². The molecule has 4 nitrogen and oxygen atoms in total. The second-order valence-corrected chi connectivity index (χ2v) is 5.55. The van der Waals surface area contributed by atoms with Crippen LogP contribution < -0.4 is 10.6 Å². The number of carbonyl (C=O) groups is 1. The lowest BCUT2D eigenvalue weighted by molar-refractivity contribution is 0.0948. The summed E-state index contributed by atoms with van der Waals surface area (Å²) in [5.74, 6) is -0.186. The van der Waals surface area contributed by atoms with E-state index in [0.29, 0.717) is 28.0 Å². The largest absolute Gasteiger partial charge is 0.354 e. The van der Waals surface area contributed by atoms with Gasteiger partial charge in [-0.1, -0.05) is 42.6 Å². The van der Waals surface area contributed by atoms with Gasteiger partial charge in [-0.3, -0.25) is 9.78 Å². The van der Waals surface area contributed by atoms with E-state index < -0.39 is 0 Å². The van der Waals surface area contributed by atoms with E-state index in [0.717, 1.165) is 18.5 Å². The van der Waals surface area contributed by atoms with Crippen LogP contribution in [0.25, 0.3) is 0 Å². The molecule has 1 aromatic carbocycles. The Bertz CT molecular complexity index is 662. The minimum absolute atomic E-state index is 0.186. The first-order valence-electron chi connectivity index (χ1n) is 7.07. The van der Waals surface area contributed by atoms with Gasteiger partial charge in [0.15, 0.2) is 0 Å². The van der Waals surface area contributed by atoms with Crippen molar-refractivity contribution < 1.29 is 4.79 Å². The van der Waals surface area contributed by atoms with Crippen molar-refractivity contribution >= 4 is 40.5 Å². The summed E-state index contributed by atoms with van der Waals surface area (Å²) in [6.07, 6.45) is 3.56. The first-order chi connectivity index (χ1) is 10.6. The third kappa shape index (κ3) is 4.36. The number of halogens is 2. The number of unbranched alkanes of at least 4 members (excludes halogenated alkanes) is 1. The van der Waals surface area contributed by atoms with Gasteiger partial charge < -0.3 is 10.6 Å². The Kier molecular flexibility index (Phi) is 6.04. The molecule has 0 saturated heterocycles. The second kappa shape index (κ2) is 8.01. The summed E-state index contributed by atoms with van der Waals surface area (Å²) in [6, 6.07) is 8.78. The van der Waals surface area contributed by atoms with Crippen LogP contribution in [0.2, 0.25) is 10.0 Å². The number of rotatable bonds is 6. The molecule has 1 aromatic heterocycles. The number of carbonyl (C=O) groups excluding carboxylic acids is 1. The molecule has 2 aromatic rings. The van der Waals surface area contributed by atoms with Gasteiger partial charge in [0.2, 0.25) is 0 Å². The molecule has 2 rings (SSSR count). The van der Waals surface area contributed by atoms with Gasteiger partial charge in [0.25, 0.3) is 5.91 Å². The lowest BCUT2D eigenvalue weighted by Crippen LogP contribution is -2.25. The van der Waals surface area contributed by atoms with Crippen molar-refractivity contribution in [3.05, 3.63) is 52.3 Å². The van der Waals surface area contributed by atoms with Crippen molar-refractivity contribution in [3.63, 3.8) is 0 Å². The van der Waals surface area contributed by atoms with E-state index in [1.165, 1.54) is 0 Å². The zero-order valence-corrected chi connectivity index (χ0v) is 13.7. The van der Waals surface area contributed by atoms with Gasteiger partial charge in [-0.15, -0.1) is 0 Å². The van der Waals surface area contributed by atoms with Gasteiger partial charge in [-0.25, -0.2) is 0 Å². The van der Waals surface area contributed by atoms with Crippen molar-refractivity contribution in [1.82, 2.24) is 10.3 Å². The number of amides is 1. The molecule has 2 N–H and O–H groups in total. The third-order valence-corrected chi connectivity index (χ3v) is 3.86. The maximum absolute atomic E-state index is 12.0. The van der Waals surface area contributed by atoms with Gasteiger partial charge >= 0.3 is 0 Å². The van der Waals surface area contributed by atoms with E-state index in [2.05, 4.69) is 22.5 Å². The van der Waals surface area contributed by atoms with Crippen molar-refractivity contribution in [1.29, 1.82) is 0 Å². The van der Waals surface area contributed by atoms with Crippen molar-refractivity contribution in [3.8, 4) is 0 Å². The summed E-state index contributed by atoms with van der Waals surface area (Å²) in [4.78, 5) is 16.1. The average Bonchev–Trinajstić information content (AvgIpc) is 2.52. The molecule has 0 aliphatic carbocycles. The molecule has 0 aliphatic heterocycles. The molecule has 0 unspecified atom stereocenters. The summed E-state index contributed by atoms with van der Waals surface area (Å²) in [5, 5.41) is 6.88. The predicted molar refractivity (Wildman–Crippen MR) is 91.2 cm³/mol. The summed E-state index contributed by atoms with van der Waals surface area (Å²) >= 11 is 12.1. The van der Waals surface area contributed by atoms with E-state index in [4.69, 9.17) is 23.2 Å². The standard InChI is InChI=1S/C16H17Cl2N3O/c1-2-3-8-20-16(22)14-10-11(7-9-19-14)21-13-6-4-5-12(17)15(13)18/h4-7,9-10H,2-3,8H2,1H3,(H,19,21)(H,20,22). The normalized spacial score (nSPS) is 10.3. The predicted octanol–water partition coefficient (Wildman–Crippen LogP) is 4.66. The summed E-state index contributed by atoms with van der Waals surface area (Å²) in [5.41, 5.74) is 1.76. The number of anilines is 2. The van der Waals surface area contributed by atoms with E-state index >= 15 is 0 Å². The van der Waals surface area contributed by atoms with Crippen LogP contribution in [0.4, 0.5) is 11.4 Å². The van der Waals surface area contributed by atoms with Gasteiger partial charge in [0.05, 0.1) is 15.7 Å². The maximum atomic E-state index is 12.0. The van der Waals surface area contributed by atoms with Gasteiger partial charge in [-0.2, -0.15) is 0 Å². The summed E-state index contributed by atoms with van der Waals surface area (Å²) in [6.45, 7) is 2.72. The fourth-order valence-corrected chi connectivity index (χ4v) is 2.21. The van der Waals surface area contributed by atoms with Crippen molar-refractivity contribution in [2.24, 2.45) is 0 Å². The number of hydrogen-bond acceptors (Lipinski definition) is 3. The molecule has 0 atom stereocenters. The van der Waals surface area contributed by atoms with Gasteiger partial charge in [-0.05, 0) is 30.7 Å². The molecule has 22 heavy (non-hydrogen) atoms. The molecule has 1 amide bonds. The van der Waals surface area contributed by atoms with Crippen LogP contribution in [-0.2, 0) is 0 Å².